The van der Waals surface area contributed by atoms with Crippen LogP contribution >= 0.6 is 0 Å². The van der Waals surface area contributed by atoms with E-state index in [0.29, 0.717) is 6.54 Å². The van der Waals surface area contributed by atoms with Gasteiger partial charge in [-0.05, 0) is 30.2 Å². The van der Waals surface area contributed by atoms with E-state index >= 15 is 0 Å². The fraction of sp³-hybridized carbons (Fsp3) is 0.333. The highest BCUT2D eigenvalue weighted by Gasteiger charge is 2.16. The third kappa shape index (κ3) is 2.72. The molecule has 0 saturated carbocycles. The van der Waals surface area contributed by atoms with Gasteiger partial charge < -0.3 is 15.2 Å². The van der Waals surface area contributed by atoms with E-state index in [2.05, 4.69) is 21.7 Å². The number of nitrogens with one attached hydrogen (secondary N) is 2. The molecular formula is C15H18N4O. The number of imidazole rings is 1. The summed E-state index contributed by atoms with van der Waals surface area (Å²) in [6.07, 6.45) is 6.30. The van der Waals surface area contributed by atoms with Gasteiger partial charge in [0.05, 0.1) is 6.33 Å². The minimum absolute atomic E-state index is 0.0175. The molecule has 1 aliphatic heterocycles. The first kappa shape index (κ1) is 12.9. The Morgan fingerprint density at radius 1 is 1.45 bits per heavy atom. The lowest BCUT2D eigenvalue weighted by atomic mass is 9.95. The number of benzene rings is 1. The number of hydrogen-bond acceptors (Lipinski definition) is 3. The largest absolute Gasteiger partial charge is 0.350 e. The Morgan fingerprint density at radius 2 is 2.40 bits per heavy atom. The number of rotatable bonds is 4. The van der Waals surface area contributed by atoms with Crippen molar-refractivity contribution < 1.29 is 4.79 Å². The van der Waals surface area contributed by atoms with Crippen LogP contribution in [-0.2, 0) is 19.5 Å². The number of hydrogen-bond donors (Lipinski definition) is 2. The number of nitrogens with zero attached hydrogens (tertiary/aromatic N) is 2. The van der Waals surface area contributed by atoms with Gasteiger partial charge in [-0.1, -0.05) is 12.1 Å². The summed E-state index contributed by atoms with van der Waals surface area (Å²) in [5.41, 5.74) is 3.24. The molecule has 0 spiro atoms. The predicted octanol–water partition coefficient (Wildman–Crippen LogP) is 0.959. The van der Waals surface area contributed by atoms with Gasteiger partial charge in [0.2, 0.25) is 0 Å². The Hall–Kier alpha value is -2.14. The van der Waals surface area contributed by atoms with Crippen LogP contribution in [0.5, 0.6) is 0 Å². The first-order valence-corrected chi connectivity index (χ1v) is 6.90. The zero-order chi connectivity index (χ0) is 13.8. The highest BCUT2D eigenvalue weighted by molar-refractivity contribution is 5.96. The van der Waals surface area contributed by atoms with Crippen molar-refractivity contribution in [1.82, 2.24) is 20.2 Å². The van der Waals surface area contributed by atoms with Crippen LogP contribution in [0.1, 0.15) is 21.5 Å². The molecule has 3 rings (SSSR count). The van der Waals surface area contributed by atoms with Gasteiger partial charge in [-0.2, -0.15) is 0 Å². The summed E-state index contributed by atoms with van der Waals surface area (Å²) in [5.74, 6) is 0.0175. The lowest BCUT2D eigenvalue weighted by Gasteiger charge is -2.20. The minimum Gasteiger partial charge on any atom is -0.350 e. The van der Waals surface area contributed by atoms with Crippen molar-refractivity contribution in [2.45, 2.75) is 19.5 Å². The monoisotopic (exact) mass is 270 g/mol. The smallest absolute Gasteiger partial charge is 0.251 e. The lowest BCUT2D eigenvalue weighted by molar-refractivity contribution is 0.0951. The van der Waals surface area contributed by atoms with E-state index in [1.807, 2.05) is 22.9 Å². The van der Waals surface area contributed by atoms with Crippen LogP contribution in [0, 0.1) is 0 Å². The molecule has 5 heteroatoms. The minimum atomic E-state index is 0.0175. The van der Waals surface area contributed by atoms with E-state index < -0.39 is 0 Å². The highest BCUT2D eigenvalue weighted by atomic mass is 16.1. The molecule has 2 heterocycles. The molecule has 0 fully saturated rings. The van der Waals surface area contributed by atoms with E-state index in [0.717, 1.165) is 31.6 Å². The summed E-state index contributed by atoms with van der Waals surface area (Å²) in [5, 5.41) is 6.31. The molecule has 5 nitrogen and oxygen atoms in total. The number of carbonyl (C=O) groups is 1. The average molecular weight is 270 g/mol. The van der Waals surface area contributed by atoms with Gasteiger partial charge >= 0.3 is 0 Å². The van der Waals surface area contributed by atoms with Gasteiger partial charge in [0.1, 0.15) is 0 Å². The second-order valence-electron chi connectivity index (χ2n) is 4.93. The van der Waals surface area contributed by atoms with Crippen molar-refractivity contribution >= 4 is 5.91 Å². The highest BCUT2D eigenvalue weighted by Crippen LogP contribution is 2.18. The number of carbonyl (C=O) groups excluding carboxylic acids is 1. The van der Waals surface area contributed by atoms with Crippen molar-refractivity contribution in [3.63, 3.8) is 0 Å². The summed E-state index contributed by atoms with van der Waals surface area (Å²) in [4.78, 5) is 16.3. The molecular weight excluding hydrogens is 252 g/mol. The molecule has 20 heavy (non-hydrogen) atoms. The third-order valence-corrected chi connectivity index (χ3v) is 3.60. The molecule has 1 aliphatic rings. The van der Waals surface area contributed by atoms with Crippen molar-refractivity contribution in [3.05, 3.63) is 53.6 Å². The Kier molecular flexibility index (Phi) is 3.78. The van der Waals surface area contributed by atoms with Crippen LogP contribution in [0.4, 0.5) is 0 Å². The zero-order valence-electron chi connectivity index (χ0n) is 11.3. The first-order valence-electron chi connectivity index (χ1n) is 6.90. The number of amides is 1. The molecule has 1 aromatic carbocycles. The molecule has 0 bridgehead atoms. The molecule has 1 aromatic heterocycles. The zero-order valence-corrected chi connectivity index (χ0v) is 11.3. The molecule has 2 N–H and O–H groups in total. The standard InChI is InChI=1S/C15H18N4O/c20-15(18-7-9-19-8-6-17-11-19)14-3-1-2-12-10-16-5-4-13(12)14/h1-3,6,8,11,16H,4-5,7,9-10H2,(H,18,20). The second-order valence-corrected chi connectivity index (χ2v) is 4.93. The molecule has 0 aliphatic carbocycles. The Bertz CT molecular complexity index is 592. The molecule has 0 atom stereocenters. The predicted molar refractivity (Wildman–Crippen MR) is 76.4 cm³/mol. The van der Waals surface area contributed by atoms with Crippen LogP contribution in [0.3, 0.4) is 0 Å². The second kappa shape index (κ2) is 5.88. The van der Waals surface area contributed by atoms with Gasteiger partial charge in [0.25, 0.3) is 5.91 Å². The van der Waals surface area contributed by atoms with Gasteiger partial charge in [0, 0.05) is 37.6 Å². The summed E-state index contributed by atoms with van der Waals surface area (Å²) < 4.78 is 1.95. The number of aromatic nitrogens is 2. The van der Waals surface area contributed by atoms with E-state index in [4.69, 9.17) is 0 Å². The quantitative estimate of drug-likeness (QED) is 0.870. The summed E-state index contributed by atoms with van der Waals surface area (Å²) in [6, 6.07) is 5.96. The number of fused-ring (bicyclic) bond motifs is 1. The van der Waals surface area contributed by atoms with Crippen LogP contribution in [0.2, 0.25) is 0 Å². The first-order chi connectivity index (χ1) is 9.84. The molecule has 0 saturated heterocycles. The Balaban J connectivity index is 1.65. The molecule has 104 valence electrons. The van der Waals surface area contributed by atoms with E-state index in [1.54, 1.807) is 12.5 Å². The van der Waals surface area contributed by atoms with Crippen molar-refractivity contribution in [2.75, 3.05) is 13.1 Å². The maximum atomic E-state index is 12.3. The maximum Gasteiger partial charge on any atom is 0.251 e. The summed E-state index contributed by atoms with van der Waals surface area (Å²) in [7, 11) is 0. The fourth-order valence-corrected chi connectivity index (χ4v) is 2.56. The van der Waals surface area contributed by atoms with E-state index in [1.165, 1.54) is 11.1 Å². The van der Waals surface area contributed by atoms with Crippen molar-refractivity contribution in [3.8, 4) is 0 Å². The third-order valence-electron chi connectivity index (χ3n) is 3.60. The van der Waals surface area contributed by atoms with Crippen molar-refractivity contribution in [2.24, 2.45) is 0 Å². The van der Waals surface area contributed by atoms with Crippen LogP contribution in [-0.4, -0.2) is 28.5 Å². The molecule has 0 unspecified atom stereocenters. The van der Waals surface area contributed by atoms with E-state index in [9.17, 15) is 4.79 Å². The Morgan fingerprint density at radius 3 is 3.25 bits per heavy atom. The van der Waals surface area contributed by atoms with Crippen LogP contribution in [0.15, 0.2) is 36.9 Å². The maximum absolute atomic E-state index is 12.3. The van der Waals surface area contributed by atoms with Crippen LogP contribution < -0.4 is 10.6 Å². The van der Waals surface area contributed by atoms with Gasteiger partial charge in [-0.3, -0.25) is 4.79 Å². The van der Waals surface area contributed by atoms with Gasteiger partial charge in [0.15, 0.2) is 0 Å². The van der Waals surface area contributed by atoms with Crippen LogP contribution in [0.25, 0.3) is 0 Å². The van der Waals surface area contributed by atoms with Gasteiger partial charge in [-0.15, -0.1) is 0 Å². The lowest BCUT2D eigenvalue weighted by Crippen LogP contribution is -2.31. The molecule has 0 radical (unpaired) electrons. The average Bonchev–Trinajstić information content (AvgIpc) is 3.00. The fourth-order valence-electron chi connectivity index (χ4n) is 2.56. The summed E-state index contributed by atoms with van der Waals surface area (Å²) >= 11 is 0. The topological polar surface area (TPSA) is 59.0 Å². The van der Waals surface area contributed by atoms with E-state index in [-0.39, 0.29) is 5.91 Å². The molecule has 2 aromatic rings. The SMILES string of the molecule is O=C(NCCn1ccnc1)c1cccc2c1CCNC2. The van der Waals surface area contributed by atoms with Gasteiger partial charge in [-0.25, -0.2) is 4.98 Å². The normalized spacial score (nSPS) is 13.8. The Labute approximate surface area is 118 Å². The molecule has 1 amide bonds. The van der Waals surface area contributed by atoms with Crippen molar-refractivity contribution in [1.29, 1.82) is 0 Å². The summed E-state index contributed by atoms with van der Waals surface area (Å²) in [6.45, 7) is 3.14.